The first-order valence-electron chi connectivity index (χ1n) is 4.64. The summed E-state index contributed by atoms with van der Waals surface area (Å²) in [6.45, 7) is 4.75. The van der Waals surface area contributed by atoms with Crippen molar-refractivity contribution in [2.24, 2.45) is 0 Å². The lowest BCUT2D eigenvalue weighted by molar-refractivity contribution is 0.624. The van der Waals surface area contributed by atoms with Gasteiger partial charge in [0.1, 0.15) is 0 Å². The van der Waals surface area contributed by atoms with E-state index in [0.29, 0.717) is 0 Å². The molecule has 2 nitrogen and oxygen atoms in total. The van der Waals surface area contributed by atoms with E-state index in [4.69, 9.17) is 0 Å². The van der Waals surface area contributed by atoms with E-state index in [1.54, 1.807) is 0 Å². The van der Waals surface area contributed by atoms with Gasteiger partial charge in [-0.05, 0) is 18.2 Å². The number of benzene rings is 1. The standard InChI is InChI=1S/C10H11BrN2/c11-8-1-2-9-10(7-8)13-5-3-12(9)4-6-13/h1-2,7H,3-6H2. The van der Waals surface area contributed by atoms with Crippen molar-refractivity contribution in [2.45, 2.75) is 0 Å². The Hall–Kier alpha value is -0.700. The molecule has 3 aliphatic rings. The van der Waals surface area contributed by atoms with Gasteiger partial charge in [0.2, 0.25) is 0 Å². The normalized spacial score (nSPS) is 19.2. The van der Waals surface area contributed by atoms with Crippen LogP contribution >= 0.6 is 15.9 Å². The molecule has 3 heterocycles. The van der Waals surface area contributed by atoms with Crippen molar-refractivity contribution < 1.29 is 0 Å². The average Bonchev–Trinajstić information content (AvgIpc) is 2.19. The minimum Gasteiger partial charge on any atom is -0.366 e. The monoisotopic (exact) mass is 238 g/mol. The van der Waals surface area contributed by atoms with Crippen LogP contribution in [0.4, 0.5) is 11.4 Å². The number of nitrogens with zero attached hydrogens (tertiary/aromatic N) is 2. The molecule has 0 N–H and O–H groups in total. The molecule has 1 saturated heterocycles. The quantitative estimate of drug-likeness (QED) is 0.684. The Morgan fingerprint density at radius 2 is 1.54 bits per heavy atom. The van der Waals surface area contributed by atoms with E-state index in [1.165, 1.54) is 42.0 Å². The third-order valence-corrected chi connectivity index (χ3v) is 3.39. The molecule has 13 heavy (non-hydrogen) atoms. The molecule has 3 heteroatoms. The van der Waals surface area contributed by atoms with Gasteiger partial charge in [-0.1, -0.05) is 15.9 Å². The minimum absolute atomic E-state index is 1.18. The molecule has 0 atom stereocenters. The summed E-state index contributed by atoms with van der Waals surface area (Å²) in [6, 6.07) is 6.56. The Morgan fingerprint density at radius 1 is 0.923 bits per heavy atom. The smallest absolute Gasteiger partial charge is 0.0616 e. The Morgan fingerprint density at radius 3 is 2.23 bits per heavy atom. The van der Waals surface area contributed by atoms with Gasteiger partial charge in [0, 0.05) is 30.7 Å². The molecular formula is C10H11BrN2. The summed E-state index contributed by atoms with van der Waals surface area (Å²) >= 11 is 3.52. The fraction of sp³-hybridized carbons (Fsp3) is 0.400. The highest BCUT2D eigenvalue weighted by molar-refractivity contribution is 9.10. The third-order valence-electron chi connectivity index (χ3n) is 2.90. The summed E-state index contributed by atoms with van der Waals surface area (Å²) in [6.07, 6.45) is 0. The second-order valence-corrected chi connectivity index (χ2v) is 4.52. The Labute approximate surface area is 86.3 Å². The number of hydrogen-bond donors (Lipinski definition) is 0. The largest absolute Gasteiger partial charge is 0.366 e. The average molecular weight is 239 g/mol. The summed E-state index contributed by atoms with van der Waals surface area (Å²) in [5, 5.41) is 0. The Balaban J connectivity index is 2.18. The fourth-order valence-electron chi connectivity index (χ4n) is 2.21. The van der Waals surface area contributed by atoms with Gasteiger partial charge in [-0.25, -0.2) is 0 Å². The Bertz CT molecular complexity index is 343. The number of piperazine rings is 1. The second kappa shape index (κ2) is 2.64. The molecule has 68 valence electrons. The number of hydrogen-bond acceptors (Lipinski definition) is 2. The lowest BCUT2D eigenvalue weighted by Gasteiger charge is -2.45. The Kier molecular flexibility index (Phi) is 1.56. The van der Waals surface area contributed by atoms with Crippen LogP contribution in [0, 0.1) is 0 Å². The van der Waals surface area contributed by atoms with Crippen LogP contribution in [-0.2, 0) is 0 Å². The predicted molar refractivity (Wildman–Crippen MR) is 58.6 cm³/mol. The SMILES string of the molecule is Brc1ccc2c(c1)N1CCN2CC1. The summed E-state index contributed by atoms with van der Waals surface area (Å²) < 4.78 is 1.18. The molecule has 1 aromatic rings. The van der Waals surface area contributed by atoms with Crippen LogP contribution in [-0.4, -0.2) is 26.2 Å². The molecule has 1 fully saturated rings. The van der Waals surface area contributed by atoms with Gasteiger partial charge in [-0.15, -0.1) is 0 Å². The molecule has 2 bridgehead atoms. The lowest BCUT2D eigenvalue weighted by Crippen LogP contribution is -2.51. The van der Waals surface area contributed by atoms with Crippen LogP contribution in [0.25, 0.3) is 0 Å². The molecule has 0 amide bonds. The van der Waals surface area contributed by atoms with Crippen LogP contribution in [0.2, 0.25) is 0 Å². The number of fused-ring (bicyclic) bond motifs is 2. The maximum atomic E-state index is 3.52. The molecule has 0 radical (unpaired) electrons. The highest BCUT2D eigenvalue weighted by Crippen LogP contribution is 2.37. The van der Waals surface area contributed by atoms with Crippen molar-refractivity contribution in [3.63, 3.8) is 0 Å². The van der Waals surface area contributed by atoms with E-state index >= 15 is 0 Å². The number of anilines is 2. The molecule has 1 aromatic carbocycles. The highest BCUT2D eigenvalue weighted by Gasteiger charge is 2.27. The van der Waals surface area contributed by atoms with Gasteiger partial charge < -0.3 is 9.80 Å². The van der Waals surface area contributed by atoms with Crippen LogP contribution in [0.1, 0.15) is 0 Å². The van der Waals surface area contributed by atoms with Crippen molar-refractivity contribution in [3.05, 3.63) is 22.7 Å². The topological polar surface area (TPSA) is 6.48 Å². The van der Waals surface area contributed by atoms with Crippen molar-refractivity contribution in [2.75, 3.05) is 36.0 Å². The molecule has 0 spiro atoms. The first kappa shape index (κ1) is 7.68. The molecule has 3 aliphatic heterocycles. The molecule has 0 aromatic heterocycles. The first-order chi connectivity index (χ1) is 6.34. The predicted octanol–water partition coefficient (Wildman–Crippen LogP) is 2.09. The van der Waals surface area contributed by atoms with E-state index in [-0.39, 0.29) is 0 Å². The molecule has 0 aliphatic carbocycles. The fourth-order valence-corrected chi connectivity index (χ4v) is 2.55. The van der Waals surface area contributed by atoms with E-state index in [9.17, 15) is 0 Å². The van der Waals surface area contributed by atoms with E-state index in [2.05, 4.69) is 43.9 Å². The summed E-state index contributed by atoms with van der Waals surface area (Å²) in [7, 11) is 0. The zero-order chi connectivity index (χ0) is 8.84. The molecule has 0 unspecified atom stereocenters. The maximum absolute atomic E-state index is 3.52. The maximum Gasteiger partial charge on any atom is 0.0616 e. The minimum atomic E-state index is 1.18. The van der Waals surface area contributed by atoms with Crippen molar-refractivity contribution in [3.8, 4) is 0 Å². The van der Waals surface area contributed by atoms with Crippen LogP contribution in [0.5, 0.6) is 0 Å². The van der Waals surface area contributed by atoms with Gasteiger partial charge in [0.05, 0.1) is 11.4 Å². The van der Waals surface area contributed by atoms with E-state index in [0.717, 1.165) is 0 Å². The summed E-state index contributed by atoms with van der Waals surface area (Å²) in [5.41, 5.74) is 2.80. The van der Waals surface area contributed by atoms with Gasteiger partial charge in [0.15, 0.2) is 0 Å². The van der Waals surface area contributed by atoms with Gasteiger partial charge in [0.25, 0.3) is 0 Å². The molecule has 0 saturated carbocycles. The van der Waals surface area contributed by atoms with Crippen LogP contribution in [0.3, 0.4) is 0 Å². The van der Waals surface area contributed by atoms with Crippen molar-refractivity contribution in [1.82, 2.24) is 0 Å². The van der Waals surface area contributed by atoms with Crippen LogP contribution < -0.4 is 9.80 Å². The third kappa shape index (κ3) is 1.06. The molecular weight excluding hydrogens is 228 g/mol. The van der Waals surface area contributed by atoms with Crippen LogP contribution in [0.15, 0.2) is 22.7 Å². The van der Waals surface area contributed by atoms with Crippen molar-refractivity contribution in [1.29, 1.82) is 0 Å². The summed E-state index contributed by atoms with van der Waals surface area (Å²) in [5.74, 6) is 0. The van der Waals surface area contributed by atoms with E-state index in [1.807, 2.05) is 0 Å². The van der Waals surface area contributed by atoms with Crippen molar-refractivity contribution >= 4 is 27.3 Å². The molecule has 4 rings (SSSR count). The second-order valence-electron chi connectivity index (χ2n) is 3.61. The number of rotatable bonds is 0. The first-order valence-corrected chi connectivity index (χ1v) is 5.43. The zero-order valence-corrected chi connectivity index (χ0v) is 8.92. The van der Waals surface area contributed by atoms with E-state index < -0.39 is 0 Å². The van der Waals surface area contributed by atoms with Gasteiger partial charge >= 0.3 is 0 Å². The van der Waals surface area contributed by atoms with Gasteiger partial charge in [-0.3, -0.25) is 0 Å². The summed E-state index contributed by atoms with van der Waals surface area (Å²) in [4.78, 5) is 4.95. The van der Waals surface area contributed by atoms with Gasteiger partial charge in [-0.2, -0.15) is 0 Å². The highest BCUT2D eigenvalue weighted by atomic mass is 79.9. The lowest BCUT2D eigenvalue weighted by atomic mass is 10.1. The zero-order valence-electron chi connectivity index (χ0n) is 7.33. The number of halogens is 1.